The Bertz CT molecular complexity index is 546. The molecule has 1 atom stereocenters. The molecule has 1 aromatic rings. The lowest BCUT2D eigenvalue weighted by Crippen LogP contribution is -2.32. The Morgan fingerprint density at radius 3 is 2.79 bits per heavy atom. The SMILES string of the molecule is O=C(O)CCN1C(=O)NC(c2cccc(F)c2)C1=O. The Morgan fingerprint density at radius 2 is 2.16 bits per heavy atom. The highest BCUT2D eigenvalue weighted by Gasteiger charge is 2.38. The first-order valence-corrected chi connectivity index (χ1v) is 5.58. The molecular formula is C12H11FN2O4. The zero-order valence-corrected chi connectivity index (χ0v) is 9.80. The number of benzene rings is 1. The van der Waals surface area contributed by atoms with Gasteiger partial charge in [0, 0.05) is 6.54 Å². The number of nitrogens with zero attached hydrogens (tertiary/aromatic N) is 1. The van der Waals surface area contributed by atoms with Gasteiger partial charge in [-0.1, -0.05) is 12.1 Å². The van der Waals surface area contributed by atoms with Crippen LogP contribution in [-0.4, -0.2) is 34.5 Å². The van der Waals surface area contributed by atoms with E-state index in [-0.39, 0.29) is 13.0 Å². The van der Waals surface area contributed by atoms with Crippen LogP contribution in [0.1, 0.15) is 18.0 Å². The fourth-order valence-corrected chi connectivity index (χ4v) is 1.85. The monoisotopic (exact) mass is 266 g/mol. The lowest BCUT2D eigenvalue weighted by Gasteiger charge is -2.11. The van der Waals surface area contributed by atoms with Crippen molar-refractivity contribution in [3.63, 3.8) is 0 Å². The number of carboxylic acids is 1. The molecule has 3 amide bonds. The first kappa shape index (κ1) is 13.0. The third-order valence-electron chi connectivity index (χ3n) is 2.76. The van der Waals surface area contributed by atoms with Crippen molar-refractivity contribution in [3.05, 3.63) is 35.6 Å². The predicted octanol–water partition coefficient (Wildman–Crippen LogP) is 0.893. The molecule has 1 fully saturated rings. The summed E-state index contributed by atoms with van der Waals surface area (Å²) >= 11 is 0. The molecule has 1 heterocycles. The minimum atomic E-state index is -1.10. The highest BCUT2D eigenvalue weighted by molar-refractivity contribution is 6.04. The molecule has 0 radical (unpaired) electrons. The standard InChI is InChI=1S/C12H11FN2O4/c13-8-3-1-2-7(6-8)10-11(18)15(12(19)14-10)5-4-9(16)17/h1-3,6,10H,4-5H2,(H,14,19)(H,16,17). The Balaban J connectivity index is 2.15. The summed E-state index contributed by atoms with van der Waals surface area (Å²) in [7, 11) is 0. The van der Waals surface area contributed by atoms with Gasteiger partial charge in [0.05, 0.1) is 6.42 Å². The highest BCUT2D eigenvalue weighted by atomic mass is 19.1. The van der Waals surface area contributed by atoms with Crippen LogP contribution < -0.4 is 5.32 Å². The summed E-state index contributed by atoms with van der Waals surface area (Å²) < 4.78 is 13.1. The van der Waals surface area contributed by atoms with Crippen molar-refractivity contribution < 1.29 is 23.9 Å². The van der Waals surface area contributed by atoms with E-state index in [0.29, 0.717) is 5.56 Å². The number of hydrogen-bond donors (Lipinski definition) is 2. The number of rotatable bonds is 4. The molecule has 1 unspecified atom stereocenters. The third-order valence-corrected chi connectivity index (χ3v) is 2.76. The molecule has 6 nitrogen and oxygen atoms in total. The lowest BCUT2D eigenvalue weighted by molar-refractivity contribution is -0.137. The van der Waals surface area contributed by atoms with Crippen LogP contribution in [-0.2, 0) is 9.59 Å². The van der Waals surface area contributed by atoms with Gasteiger partial charge in [0.15, 0.2) is 0 Å². The number of carboxylic acid groups (broad SMARTS) is 1. The number of aliphatic carboxylic acids is 1. The molecule has 100 valence electrons. The van der Waals surface area contributed by atoms with Crippen LogP contribution in [0.4, 0.5) is 9.18 Å². The van der Waals surface area contributed by atoms with E-state index in [1.165, 1.54) is 18.2 Å². The zero-order valence-electron chi connectivity index (χ0n) is 9.80. The molecule has 0 aliphatic carbocycles. The molecule has 1 saturated heterocycles. The normalized spacial score (nSPS) is 18.6. The average molecular weight is 266 g/mol. The van der Waals surface area contributed by atoms with E-state index >= 15 is 0 Å². The third kappa shape index (κ3) is 2.70. The molecule has 0 saturated carbocycles. The summed E-state index contributed by atoms with van der Waals surface area (Å²) in [5.74, 6) is -2.19. The fourth-order valence-electron chi connectivity index (χ4n) is 1.85. The molecule has 7 heteroatoms. The second-order valence-electron chi connectivity index (χ2n) is 4.07. The van der Waals surface area contributed by atoms with Crippen molar-refractivity contribution >= 4 is 17.9 Å². The van der Waals surface area contributed by atoms with Crippen LogP contribution in [0.15, 0.2) is 24.3 Å². The maximum absolute atomic E-state index is 13.1. The summed E-state index contributed by atoms with van der Waals surface area (Å²) in [5, 5.41) is 10.9. The van der Waals surface area contributed by atoms with E-state index < -0.39 is 29.8 Å². The van der Waals surface area contributed by atoms with Gasteiger partial charge in [-0.05, 0) is 17.7 Å². The fraction of sp³-hybridized carbons (Fsp3) is 0.250. The predicted molar refractivity (Wildman–Crippen MR) is 61.6 cm³/mol. The Labute approximate surface area is 107 Å². The van der Waals surface area contributed by atoms with Crippen molar-refractivity contribution in [2.75, 3.05) is 6.54 Å². The first-order chi connectivity index (χ1) is 8.99. The van der Waals surface area contributed by atoms with Gasteiger partial charge in [-0.2, -0.15) is 0 Å². The van der Waals surface area contributed by atoms with Crippen LogP contribution in [0.3, 0.4) is 0 Å². The topological polar surface area (TPSA) is 86.7 Å². The molecule has 0 bridgehead atoms. The molecule has 1 aliphatic rings. The number of nitrogens with one attached hydrogen (secondary N) is 1. The molecule has 0 spiro atoms. The highest BCUT2D eigenvalue weighted by Crippen LogP contribution is 2.22. The van der Waals surface area contributed by atoms with Gasteiger partial charge in [0.25, 0.3) is 5.91 Å². The van der Waals surface area contributed by atoms with Gasteiger partial charge in [-0.15, -0.1) is 0 Å². The Kier molecular flexibility index (Phi) is 3.46. The first-order valence-electron chi connectivity index (χ1n) is 5.58. The number of carbonyl (C=O) groups excluding carboxylic acids is 2. The largest absolute Gasteiger partial charge is 0.481 e. The molecule has 1 aromatic carbocycles. The summed E-state index contributed by atoms with van der Waals surface area (Å²) in [5.41, 5.74) is 0.330. The number of urea groups is 1. The van der Waals surface area contributed by atoms with Crippen LogP contribution in [0.25, 0.3) is 0 Å². The Morgan fingerprint density at radius 1 is 1.42 bits per heavy atom. The molecule has 0 aromatic heterocycles. The number of carbonyl (C=O) groups is 3. The second kappa shape index (κ2) is 5.05. The summed E-state index contributed by atoms with van der Waals surface area (Å²) in [6.07, 6.45) is -0.324. The van der Waals surface area contributed by atoms with E-state index in [0.717, 1.165) is 11.0 Å². The maximum Gasteiger partial charge on any atom is 0.325 e. The van der Waals surface area contributed by atoms with E-state index in [2.05, 4.69) is 5.32 Å². The van der Waals surface area contributed by atoms with Gasteiger partial charge >= 0.3 is 12.0 Å². The second-order valence-corrected chi connectivity index (χ2v) is 4.07. The molecule has 2 rings (SSSR count). The van der Waals surface area contributed by atoms with Crippen molar-refractivity contribution in [1.82, 2.24) is 10.2 Å². The van der Waals surface area contributed by atoms with Crippen molar-refractivity contribution in [2.45, 2.75) is 12.5 Å². The van der Waals surface area contributed by atoms with Crippen molar-refractivity contribution in [3.8, 4) is 0 Å². The van der Waals surface area contributed by atoms with Gasteiger partial charge in [0.2, 0.25) is 0 Å². The van der Waals surface area contributed by atoms with Gasteiger partial charge < -0.3 is 10.4 Å². The van der Waals surface area contributed by atoms with E-state index in [4.69, 9.17) is 5.11 Å². The summed E-state index contributed by atoms with van der Waals surface area (Å²) in [4.78, 5) is 34.8. The number of hydrogen-bond acceptors (Lipinski definition) is 3. The van der Waals surface area contributed by atoms with E-state index in [9.17, 15) is 18.8 Å². The molecular weight excluding hydrogens is 255 g/mol. The van der Waals surface area contributed by atoms with Gasteiger partial charge in [-0.25, -0.2) is 9.18 Å². The molecule has 19 heavy (non-hydrogen) atoms. The van der Waals surface area contributed by atoms with Crippen LogP contribution in [0.2, 0.25) is 0 Å². The van der Waals surface area contributed by atoms with E-state index in [1.54, 1.807) is 0 Å². The van der Waals surface area contributed by atoms with Crippen LogP contribution in [0.5, 0.6) is 0 Å². The molecule has 1 aliphatic heterocycles. The van der Waals surface area contributed by atoms with Crippen LogP contribution in [0, 0.1) is 5.82 Å². The Hall–Kier alpha value is -2.44. The molecule has 2 N–H and O–H groups in total. The number of halogens is 1. The summed E-state index contributed by atoms with van der Waals surface area (Å²) in [6, 6.07) is 3.71. The van der Waals surface area contributed by atoms with Crippen LogP contribution >= 0.6 is 0 Å². The lowest BCUT2D eigenvalue weighted by atomic mass is 10.1. The maximum atomic E-state index is 13.1. The zero-order chi connectivity index (χ0) is 14.0. The minimum Gasteiger partial charge on any atom is -0.481 e. The average Bonchev–Trinajstić information content (AvgIpc) is 2.62. The number of amides is 3. The van der Waals surface area contributed by atoms with Crippen molar-refractivity contribution in [1.29, 1.82) is 0 Å². The van der Waals surface area contributed by atoms with Gasteiger partial charge in [0.1, 0.15) is 11.9 Å². The van der Waals surface area contributed by atoms with E-state index in [1.807, 2.05) is 0 Å². The van der Waals surface area contributed by atoms with Gasteiger partial charge in [-0.3, -0.25) is 14.5 Å². The smallest absolute Gasteiger partial charge is 0.325 e. The quantitative estimate of drug-likeness (QED) is 0.792. The number of imide groups is 1. The van der Waals surface area contributed by atoms with Crippen molar-refractivity contribution in [2.24, 2.45) is 0 Å². The minimum absolute atomic E-state index is 0.203. The summed E-state index contributed by atoms with van der Waals surface area (Å²) in [6.45, 7) is -0.203.